The molecule has 0 spiro atoms. The van der Waals surface area contributed by atoms with Crippen molar-refractivity contribution in [3.63, 3.8) is 0 Å². The van der Waals surface area contributed by atoms with Gasteiger partial charge in [-0.15, -0.1) is 23.1 Å². The van der Waals surface area contributed by atoms with Gasteiger partial charge in [0.05, 0.1) is 8.45 Å². The van der Waals surface area contributed by atoms with E-state index >= 15 is 0 Å². The molecule has 2 aromatic rings. The van der Waals surface area contributed by atoms with Crippen LogP contribution in [0.15, 0.2) is 40.6 Å². The molecule has 1 aliphatic rings. The van der Waals surface area contributed by atoms with Crippen molar-refractivity contribution in [2.45, 2.75) is 35.8 Å². The average molecular weight is 429 g/mol. The van der Waals surface area contributed by atoms with E-state index in [2.05, 4.69) is 40.0 Å². The van der Waals surface area contributed by atoms with Gasteiger partial charge in [0, 0.05) is 21.2 Å². The minimum absolute atomic E-state index is 0.0367. The predicted molar refractivity (Wildman–Crippen MR) is 99.5 cm³/mol. The van der Waals surface area contributed by atoms with E-state index in [4.69, 9.17) is 0 Å². The number of amides is 1. The second-order valence-corrected chi connectivity index (χ2v) is 9.32. The summed E-state index contributed by atoms with van der Waals surface area (Å²) in [5.74, 6) is -0.0367. The molecule has 1 aliphatic carbocycles. The monoisotopic (exact) mass is 429 g/mol. The van der Waals surface area contributed by atoms with E-state index in [-0.39, 0.29) is 5.91 Å². The van der Waals surface area contributed by atoms with Gasteiger partial charge in [-0.1, -0.05) is 12.8 Å². The number of carbonyl (C=O) groups excluding carboxylic acids is 1. The topological polar surface area (TPSA) is 29.1 Å². The lowest BCUT2D eigenvalue weighted by atomic mass is 10.3. The SMILES string of the molecule is O=C(Nc1ccc(SC2CCCC2)cc1)c1csc(I)c1. The first-order valence-corrected chi connectivity index (χ1v) is 9.86. The lowest BCUT2D eigenvalue weighted by molar-refractivity contribution is 0.102. The Hall–Kier alpha value is -0.530. The average Bonchev–Trinajstić information content (AvgIpc) is 3.12. The molecule has 0 unspecified atom stereocenters. The summed E-state index contributed by atoms with van der Waals surface area (Å²) in [6.07, 6.45) is 5.40. The Morgan fingerprint density at radius 1 is 1.24 bits per heavy atom. The molecule has 0 saturated heterocycles. The summed E-state index contributed by atoms with van der Waals surface area (Å²) in [5.41, 5.74) is 1.59. The van der Waals surface area contributed by atoms with Gasteiger partial charge in [-0.3, -0.25) is 4.79 Å². The van der Waals surface area contributed by atoms with Crippen molar-refractivity contribution in [2.75, 3.05) is 5.32 Å². The van der Waals surface area contributed by atoms with Crippen molar-refractivity contribution in [3.05, 3.63) is 44.2 Å². The second kappa shape index (κ2) is 7.15. The fourth-order valence-corrected chi connectivity index (χ4v) is 5.02. The number of anilines is 1. The summed E-state index contributed by atoms with van der Waals surface area (Å²) in [7, 11) is 0. The summed E-state index contributed by atoms with van der Waals surface area (Å²) in [4.78, 5) is 13.4. The molecule has 1 amide bonds. The van der Waals surface area contributed by atoms with E-state index in [1.165, 1.54) is 30.6 Å². The van der Waals surface area contributed by atoms with Gasteiger partial charge in [-0.2, -0.15) is 0 Å². The Balaban J connectivity index is 1.60. The summed E-state index contributed by atoms with van der Waals surface area (Å²) in [6.45, 7) is 0. The molecule has 0 atom stereocenters. The molecule has 1 saturated carbocycles. The molecule has 1 N–H and O–H groups in total. The highest BCUT2D eigenvalue weighted by Gasteiger charge is 2.16. The van der Waals surface area contributed by atoms with E-state index in [0.717, 1.165) is 19.4 Å². The van der Waals surface area contributed by atoms with E-state index in [1.54, 1.807) is 11.3 Å². The number of hydrogen-bond donors (Lipinski definition) is 1. The van der Waals surface area contributed by atoms with Crippen LogP contribution in [0.1, 0.15) is 36.0 Å². The van der Waals surface area contributed by atoms with Gasteiger partial charge in [-0.05, 0) is 65.8 Å². The van der Waals surface area contributed by atoms with Crippen LogP contribution in [-0.4, -0.2) is 11.2 Å². The van der Waals surface area contributed by atoms with Crippen molar-refractivity contribution in [1.82, 2.24) is 0 Å². The van der Waals surface area contributed by atoms with Crippen LogP contribution in [0.3, 0.4) is 0 Å². The smallest absolute Gasteiger partial charge is 0.256 e. The van der Waals surface area contributed by atoms with Gasteiger partial charge in [0.1, 0.15) is 0 Å². The van der Waals surface area contributed by atoms with Crippen molar-refractivity contribution in [3.8, 4) is 0 Å². The fourth-order valence-electron chi connectivity index (χ4n) is 2.45. The number of thioether (sulfide) groups is 1. The fraction of sp³-hybridized carbons (Fsp3) is 0.312. The van der Waals surface area contributed by atoms with Gasteiger partial charge < -0.3 is 5.32 Å². The molecular formula is C16H16INOS2. The van der Waals surface area contributed by atoms with Crippen molar-refractivity contribution < 1.29 is 4.79 Å². The molecule has 21 heavy (non-hydrogen) atoms. The number of hydrogen-bond acceptors (Lipinski definition) is 3. The highest BCUT2D eigenvalue weighted by Crippen LogP contribution is 2.35. The van der Waals surface area contributed by atoms with Gasteiger partial charge in [0.2, 0.25) is 0 Å². The first kappa shape index (κ1) is 15.4. The van der Waals surface area contributed by atoms with Crippen LogP contribution in [0.25, 0.3) is 0 Å². The third-order valence-electron chi connectivity index (χ3n) is 3.55. The number of thiophene rings is 1. The number of rotatable bonds is 4. The van der Waals surface area contributed by atoms with Crippen LogP contribution in [0.5, 0.6) is 0 Å². The summed E-state index contributed by atoms with van der Waals surface area (Å²) in [5, 5.41) is 5.61. The Labute approximate surface area is 146 Å². The maximum Gasteiger partial charge on any atom is 0.256 e. The summed E-state index contributed by atoms with van der Waals surface area (Å²) < 4.78 is 1.13. The van der Waals surface area contributed by atoms with Crippen molar-refractivity contribution in [1.29, 1.82) is 0 Å². The van der Waals surface area contributed by atoms with Crippen LogP contribution in [-0.2, 0) is 0 Å². The maximum atomic E-state index is 12.1. The molecular weight excluding hydrogens is 413 g/mol. The normalized spacial score (nSPS) is 15.3. The van der Waals surface area contributed by atoms with Gasteiger partial charge in [0.15, 0.2) is 0 Å². The Morgan fingerprint density at radius 3 is 2.57 bits per heavy atom. The van der Waals surface area contributed by atoms with Gasteiger partial charge in [-0.25, -0.2) is 0 Å². The number of carbonyl (C=O) groups is 1. The predicted octanol–water partition coefficient (Wildman–Crippen LogP) is 5.64. The van der Waals surface area contributed by atoms with E-state index in [0.29, 0.717) is 0 Å². The van der Waals surface area contributed by atoms with Gasteiger partial charge >= 0.3 is 0 Å². The van der Waals surface area contributed by atoms with E-state index in [9.17, 15) is 4.79 Å². The molecule has 0 bridgehead atoms. The summed E-state index contributed by atoms with van der Waals surface area (Å²) >= 11 is 5.78. The highest BCUT2D eigenvalue weighted by atomic mass is 127. The zero-order valence-electron chi connectivity index (χ0n) is 11.5. The molecule has 0 aliphatic heterocycles. The Morgan fingerprint density at radius 2 is 1.95 bits per heavy atom. The molecule has 110 valence electrons. The van der Waals surface area contributed by atoms with Crippen molar-refractivity contribution in [2.24, 2.45) is 0 Å². The minimum Gasteiger partial charge on any atom is -0.322 e. The van der Waals surface area contributed by atoms with E-state index in [1.807, 2.05) is 35.3 Å². The third kappa shape index (κ3) is 4.23. The van der Waals surface area contributed by atoms with Crippen LogP contribution in [0, 0.1) is 2.88 Å². The number of nitrogens with one attached hydrogen (secondary N) is 1. The minimum atomic E-state index is -0.0367. The maximum absolute atomic E-state index is 12.1. The zero-order valence-corrected chi connectivity index (χ0v) is 15.3. The molecule has 1 heterocycles. The molecule has 5 heteroatoms. The molecule has 2 nitrogen and oxygen atoms in total. The largest absolute Gasteiger partial charge is 0.322 e. The molecule has 0 radical (unpaired) electrons. The van der Waals surface area contributed by atoms with E-state index < -0.39 is 0 Å². The number of halogens is 1. The van der Waals surface area contributed by atoms with Gasteiger partial charge in [0.25, 0.3) is 5.91 Å². The lowest BCUT2D eigenvalue weighted by Gasteiger charge is -2.09. The molecule has 1 aromatic carbocycles. The number of benzene rings is 1. The lowest BCUT2D eigenvalue weighted by Crippen LogP contribution is -2.10. The Kier molecular flexibility index (Phi) is 5.24. The second-order valence-electron chi connectivity index (χ2n) is 5.14. The first-order chi connectivity index (χ1) is 10.2. The van der Waals surface area contributed by atoms with Crippen LogP contribution in [0.4, 0.5) is 5.69 Å². The Bertz CT molecular complexity index is 617. The molecule has 1 aromatic heterocycles. The summed E-state index contributed by atoms with van der Waals surface area (Å²) in [6, 6.07) is 10.1. The first-order valence-electron chi connectivity index (χ1n) is 7.03. The van der Waals surface area contributed by atoms with Crippen LogP contribution in [0.2, 0.25) is 0 Å². The molecule has 1 fully saturated rings. The van der Waals surface area contributed by atoms with Crippen LogP contribution >= 0.6 is 45.7 Å². The third-order valence-corrected chi connectivity index (χ3v) is 6.68. The standard InChI is InChI=1S/C16H16INOS2/c17-15-9-11(10-20-15)16(19)18-12-5-7-14(8-6-12)21-13-3-1-2-4-13/h5-10,13H,1-4H2,(H,18,19). The highest BCUT2D eigenvalue weighted by molar-refractivity contribution is 14.1. The van der Waals surface area contributed by atoms with Crippen LogP contribution < -0.4 is 5.32 Å². The van der Waals surface area contributed by atoms with Crippen molar-refractivity contribution >= 4 is 57.3 Å². The molecule has 3 rings (SSSR count). The zero-order chi connectivity index (χ0) is 14.7. The quantitative estimate of drug-likeness (QED) is 0.638.